The number of carbonyl (C=O) groups excluding carboxylic acids is 1. The molecule has 1 amide bonds. The van der Waals surface area contributed by atoms with E-state index >= 15 is 0 Å². The molecule has 2 heterocycles. The number of hydrogen-bond acceptors (Lipinski definition) is 6. The van der Waals surface area contributed by atoms with E-state index in [2.05, 4.69) is 17.1 Å². The smallest absolute Gasteiger partial charge is 0.230 e. The highest BCUT2D eigenvalue weighted by molar-refractivity contribution is 8.00. The molecule has 1 aromatic carbocycles. The summed E-state index contributed by atoms with van der Waals surface area (Å²) in [7, 11) is 0. The van der Waals surface area contributed by atoms with E-state index in [0.717, 1.165) is 54.5 Å². The minimum Gasteiger partial charge on any atom is -0.379 e. The van der Waals surface area contributed by atoms with Crippen molar-refractivity contribution in [3.8, 4) is 0 Å². The van der Waals surface area contributed by atoms with Crippen molar-refractivity contribution in [2.75, 3.05) is 32.1 Å². The van der Waals surface area contributed by atoms with Crippen LogP contribution in [0.15, 0.2) is 29.3 Å². The SMILES string of the molecule is CCC(C)NC(=O)CSc1nc(CN2CCOCC2)nc2ccccc12. The molecule has 1 aromatic heterocycles. The van der Waals surface area contributed by atoms with Gasteiger partial charge in [0, 0.05) is 24.5 Å². The summed E-state index contributed by atoms with van der Waals surface area (Å²) in [5, 5.41) is 4.88. The number of para-hydroxylation sites is 1. The first kappa shape index (κ1) is 19.1. The highest BCUT2D eigenvalue weighted by atomic mass is 32.2. The Balaban J connectivity index is 1.75. The van der Waals surface area contributed by atoms with Crippen LogP contribution in [0.4, 0.5) is 0 Å². The number of thioether (sulfide) groups is 1. The Morgan fingerprint density at radius 1 is 1.31 bits per heavy atom. The second kappa shape index (κ2) is 9.30. The molecular formula is C19H26N4O2S. The van der Waals surface area contributed by atoms with Gasteiger partial charge < -0.3 is 10.1 Å². The summed E-state index contributed by atoms with van der Waals surface area (Å²) in [5.41, 5.74) is 0.926. The lowest BCUT2D eigenvalue weighted by molar-refractivity contribution is -0.119. The molecule has 0 bridgehead atoms. The van der Waals surface area contributed by atoms with Gasteiger partial charge in [-0.1, -0.05) is 36.9 Å². The van der Waals surface area contributed by atoms with E-state index in [1.165, 1.54) is 11.8 Å². The molecule has 26 heavy (non-hydrogen) atoms. The molecule has 1 N–H and O–H groups in total. The number of aromatic nitrogens is 2. The standard InChI is InChI=1S/C19H26N4O2S/c1-3-14(2)20-18(24)13-26-19-15-6-4-5-7-16(15)21-17(22-19)12-23-8-10-25-11-9-23/h4-7,14H,3,8-13H2,1-2H3,(H,20,24). The molecule has 1 fully saturated rings. The molecule has 1 saturated heterocycles. The normalized spacial score (nSPS) is 16.5. The maximum Gasteiger partial charge on any atom is 0.230 e. The molecule has 0 aliphatic carbocycles. The van der Waals surface area contributed by atoms with E-state index < -0.39 is 0 Å². The Labute approximate surface area is 158 Å². The van der Waals surface area contributed by atoms with E-state index in [0.29, 0.717) is 12.3 Å². The Bertz CT molecular complexity index is 749. The molecule has 6 nitrogen and oxygen atoms in total. The fourth-order valence-corrected chi connectivity index (χ4v) is 3.64. The lowest BCUT2D eigenvalue weighted by Gasteiger charge is -2.25. The molecule has 0 saturated carbocycles. The molecule has 1 aliphatic heterocycles. The van der Waals surface area contributed by atoms with Crippen molar-refractivity contribution in [2.45, 2.75) is 37.9 Å². The van der Waals surface area contributed by atoms with E-state index in [1.54, 1.807) is 0 Å². The van der Waals surface area contributed by atoms with Gasteiger partial charge >= 0.3 is 0 Å². The first-order chi connectivity index (χ1) is 12.7. The van der Waals surface area contributed by atoms with Crippen LogP contribution in [0.1, 0.15) is 26.1 Å². The number of nitrogens with one attached hydrogen (secondary N) is 1. The zero-order valence-electron chi connectivity index (χ0n) is 15.4. The van der Waals surface area contributed by atoms with Crippen molar-refractivity contribution >= 4 is 28.6 Å². The molecule has 7 heteroatoms. The van der Waals surface area contributed by atoms with Crippen molar-refractivity contribution in [1.29, 1.82) is 0 Å². The molecule has 1 atom stereocenters. The van der Waals surface area contributed by atoms with Gasteiger partial charge in [0.1, 0.15) is 10.9 Å². The predicted octanol–water partition coefficient (Wildman–Crippen LogP) is 2.47. The summed E-state index contributed by atoms with van der Waals surface area (Å²) in [6.07, 6.45) is 0.927. The van der Waals surface area contributed by atoms with Crippen molar-refractivity contribution < 1.29 is 9.53 Å². The minimum atomic E-state index is 0.0433. The van der Waals surface area contributed by atoms with E-state index in [9.17, 15) is 4.79 Å². The van der Waals surface area contributed by atoms with Crippen molar-refractivity contribution in [3.05, 3.63) is 30.1 Å². The Hall–Kier alpha value is -1.70. The zero-order chi connectivity index (χ0) is 18.4. The van der Waals surface area contributed by atoms with Crippen LogP contribution in [-0.4, -0.2) is 58.9 Å². The van der Waals surface area contributed by atoms with Gasteiger partial charge in [-0.2, -0.15) is 0 Å². The summed E-state index contributed by atoms with van der Waals surface area (Å²) in [5.74, 6) is 1.21. The third kappa shape index (κ3) is 5.16. The van der Waals surface area contributed by atoms with Crippen molar-refractivity contribution in [3.63, 3.8) is 0 Å². The fourth-order valence-electron chi connectivity index (χ4n) is 2.79. The summed E-state index contributed by atoms with van der Waals surface area (Å²) in [6, 6.07) is 8.18. The maximum atomic E-state index is 12.1. The topological polar surface area (TPSA) is 67.4 Å². The molecule has 140 valence electrons. The lowest BCUT2D eigenvalue weighted by Crippen LogP contribution is -2.36. The average molecular weight is 375 g/mol. The van der Waals surface area contributed by atoms with Crippen LogP contribution in [0.25, 0.3) is 10.9 Å². The number of carbonyl (C=O) groups is 1. The highest BCUT2D eigenvalue weighted by Gasteiger charge is 2.15. The first-order valence-corrected chi connectivity index (χ1v) is 10.1. The van der Waals surface area contributed by atoms with Gasteiger partial charge in [-0.25, -0.2) is 9.97 Å². The quantitative estimate of drug-likeness (QED) is 0.593. The second-order valence-electron chi connectivity index (χ2n) is 6.52. The second-order valence-corrected chi connectivity index (χ2v) is 7.48. The summed E-state index contributed by atoms with van der Waals surface area (Å²) in [6.45, 7) is 8.10. The van der Waals surface area contributed by atoms with Gasteiger partial charge in [0.25, 0.3) is 0 Å². The number of nitrogens with zero attached hydrogens (tertiary/aromatic N) is 3. The molecule has 1 aliphatic rings. The molecule has 0 spiro atoms. The predicted molar refractivity (Wildman–Crippen MR) is 104 cm³/mol. The van der Waals surface area contributed by atoms with Gasteiger partial charge in [-0.15, -0.1) is 0 Å². The van der Waals surface area contributed by atoms with Crippen molar-refractivity contribution in [1.82, 2.24) is 20.2 Å². The van der Waals surface area contributed by atoms with E-state index in [1.807, 2.05) is 31.2 Å². The number of rotatable bonds is 7. The summed E-state index contributed by atoms with van der Waals surface area (Å²) in [4.78, 5) is 23.9. The number of fused-ring (bicyclic) bond motifs is 1. The van der Waals surface area contributed by atoms with E-state index in [-0.39, 0.29) is 11.9 Å². The summed E-state index contributed by atoms with van der Waals surface area (Å²) >= 11 is 1.48. The number of amides is 1. The zero-order valence-corrected chi connectivity index (χ0v) is 16.2. The number of benzene rings is 1. The molecular weight excluding hydrogens is 348 g/mol. The largest absolute Gasteiger partial charge is 0.379 e. The number of morpholine rings is 1. The third-order valence-electron chi connectivity index (χ3n) is 4.44. The molecule has 1 unspecified atom stereocenters. The highest BCUT2D eigenvalue weighted by Crippen LogP contribution is 2.25. The van der Waals surface area contributed by atoms with Crippen LogP contribution in [0, 0.1) is 0 Å². The first-order valence-electron chi connectivity index (χ1n) is 9.13. The lowest BCUT2D eigenvalue weighted by atomic mass is 10.2. The maximum absolute atomic E-state index is 12.1. The van der Waals surface area contributed by atoms with Gasteiger partial charge in [0.2, 0.25) is 5.91 Å². The van der Waals surface area contributed by atoms with E-state index in [4.69, 9.17) is 14.7 Å². The van der Waals surface area contributed by atoms with Crippen LogP contribution in [0.5, 0.6) is 0 Å². The van der Waals surface area contributed by atoms with Gasteiger partial charge in [-0.3, -0.25) is 9.69 Å². The number of hydrogen-bond donors (Lipinski definition) is 1. The molecule has 3 rings (SSSR count). The van der Waals surface area contributed by atoms with Crippen molar-refractivity contribution in [2.24, 2.45) is 0 Å². The Kier molecular flexibility index (Phi) is 6.82. The summed E-state index contributed by atoms with van der Waals surface area (Å²) < 4.78 is 5.41. The van der Waals surface area contributed by atoms with Crippen LogP contribution in [-0.2, 0) is 16.1 Å². The van der Waals surface area contributed by atoms with Gasteiger partial charge in [-0.05, 0) is 19.4 Å². The van der Waals surface area contributed by atoms with Gasteiger partial charge in [0.05, 0.1) is 31.0 Å². The Morgan fingerprint density at radius 2 is 2.08 bits per heavy atom. The monoisotopic (exact) mass is 374 g/mol. The third-order valence-corrected chi connectivity index (χ3v) is 5.43. The fraction of sp³-hybridized carbons (Fsp3) is 0.526. The van der Waals surface area contributed by atoms with Crippen LogP contribution >= 0.6 is 11.8 Å². The van der Waals surface area contributed by atoms with Gasteiger partial charge in [0.15, 0.2) is 0 Å². The molecule has 2 aromatic rings. The minimum absolute atomic E-state index is 0.0433. The van der Waals surface area contributed by atoms with Crippen LogP contribution < -0.4 is 5.32 Å². The number of ether oxygens (including phenoxy) is 1. The average Bonchev–Trinajstić information content (AvgIpc) is 2.66. The van der Waals surface area contributed by atoms with Crippen LogP contribution in [0.3, 0.4) is 0 Å². The van der Waals surface area contributed by atoms with Crippen LogP contribution in [0.2, 0.25) is 0 Å². The molecule has 0 radical (unpaired) electrons. The Morgan fingerprint density at radius 3 is 2.85 bits per heavy atom.